The third kappa shape index (κ3) is 3.31. The number of benzene rings is 1. The maximum absolute atomic E-state index is 12.3. The zero-order valence-corrected chi connectivity index (χ0v) is 14.1. The highest BCUT2D eigenvalue weighted by Crippen LogP contribution is 2.38. The van der Waals surface area contributed by atoms with E-state index in [1.165, 1.54) is 11.3 Å². The van der Waals surface area contributed by atoms with Gasteiger partial charge in [-0.15, -0.1) is 10.2 Å². The number of nitrogens with zero attached hydrogens (tertiary/aromatic N) is 3. The molecule has 2 heterocycles. The van der Waals surface area contributed by atoms with Crippen LogP contribution in [0.15, 0.2) is 40.9 Å². The summed E-state index contributed by atoms with van der Waals surface area (Å²) >= 11 is 1.42. The minimum absolute atomic E-state index is 0.0829. The van der Waals surface area contributed by atoms with Crippen molar-refractivity contribution < 1.29 is 14.4 Å². The van der Waals surface area contributed by atoms with Gasteiger partial charge in [-0.05, 0) is 12.8 Å². The molecule has 4 rings (SSSR count). The molecule has 0 saturated heterocycles. The second-order valence-corrected chi connectivity index (χ2v) is 7.07. The van der Waals surface area contributed by atoms with Gasteiger partial charge in [-0.3, -0.25) is 4.79 Å². The Morgan fingerprint density at radius 3 is 2.80 bits per heavy atom. The van der Waals surface area contributed by atoms with Crippen LogP contribution in [0.2, 0.25) is 0 Å². The summed E-state index contributed by atoms with van der Waals surface area (Å²) in [6.45, 7) is -0.0829. The molecule has 1 aliphatic rings. The van der Waals surface area contributed by atoms with E-state index in [1.54, 1.807) is 6.07 Å². The van der Waals surface area contributed by atoms with Gasteiger partial charge in [0.2, 0.25) is 0 Å². The Hall–Kier alpha value is -2.58. The number of nitrogens with one attached hydrogen (secondary N) is 1. The van der Waals surface area contributed by atoms with Crippen LogP contribution in [-0.4, -0.2) is 32.4 Å². The molecule has 1 aliphatic carbocycles. The molecule has 25 heavy (non-hydrogen) atoms. The van der Waals surface area contributed by atoms with E-state index >= 15 is 0 Å². The van der Waals surface area contributed by atoms with Gasteiger partial charge < -0.3 is 14.9 Å². The topological polar surface area (TPSA) is 101 Å². The second-order valence-electron chi connectivity index (χ2n) is 5.97. The number of carbonyl (C=O) groups is 1. The second kappa shape index (κ2) is 6.73. The first kappa shape index (κ1) is 15.9. The van der Waals surface area contributed by atoms with Crippen LogP contribution in [0.3, 0.4) is 0 Å². The molecule has 3 aromatic rings. The Bertz CT molecular complexity index is 871. The van der Waals surface area contributed by atoms with E-state index in [0.29, 0.717) is 16.7 Å². The average Bonchev–Trinajstić information content (AvgIpc) is 3.27. The summed E-state index contributed by atoms with van der Waals surface area (Å²) in [7, 11) is 0. The fourth-order valence-electron chi connectivity index (χ4n) is 2.81. The van der Waals surface area contributed by atoms with E-state index in [0.717, 1.165) is 23.4 Å². The number of rotatable bonds is 5. The molecule has 2 aromatic heterocycles. The first-order chi connectivity index (χ1) is 12.2. The van der Waals surface area contributed by atoms with Gasteiger partial charge in [0.1, 0.15) is 10.0 Å². The highest BCUT2D eigenvalue weighted by atomic mass is 32.1. The summed E-state index contributed by atoms with van der Waals surface area (Å²) in [6.07, 6.45) is 1.63. The van der Waals surface area contributed by atoms with E-state index in [9.17, 15) is 4.79 Å². The Morgan fingerprint density at radius 1 is 1.28 bits per heavy atom. The van der Waals surface area contributed by atoms with Crippen molar-refractivity contribution in [1.29, 1.82) is 0 Å². The van der Waals surface area contributed by atoms with Gasteiger partial charge in [0.15, 0.2) is 11.5 Å². The van der Waals surface area contributed by atoms with Crippen molar-refractivity contribution in [2.45, 2.75) is 31.4 Å². The number of hydrogen-bond acceptors (Lipinski definition) is 7. The quantitative estimate of drug-likeness (QED) is 0.728. The molecule has 0 aliphatic heterocycles. The lowest BCUT2D eigenvalue weighted by atomic mass is 9.80. The maximum atomic E-state index is 12.3. The van der Waals surface area contributed by atoms with Gasteiger partial charge in [-0.1, -0.05) is 46.8 Å². The third-order valence-corrected chi connectivity index (χ3v) is 5.31. The summed E-state index contributed by atoms with van der Waals surface area (Å²) in [5.41, 5.74) is 1.16. The lowest BCUT2D eigenvalue weighted by Gasteiger charge is -2.33. The third-order valence-electron chi connectivity index (χ3n) is 4.24. The van der Waals surface area contributed by atoms with Crippen LogP contribution >= 0.6 is 11.3 Å². The van der Waals surface area contributed by atoms with Crippen molar-refractivity contribution in [3.63, 3.8) is 0 Å². The average molecular weight is 356 g/mol. The molecular formula is C17H16N4O3S. The number of amides is 1. The van der Waals surface area contributed by atoms with Gasteiger partial charge in [-0.25, -0.2) is 0 Å². The number of aromatic nitrogens is 3. The van der Waals surface area contributed by atoms with Gasteiger partial charge in [0, 0.05) is 23.6 Å². The molecule has 8 heteroatoms. The summed E-state index contributed by atoms with van der Waals surface area (Å²) in [5.74, 6) is 0.630. The lowest BCUT2D eigenvalue weighted by Crippen LogP contribution is -2.43. The minimum atomic E-state index is -0.234. The zero-order chi connectivity index (χ0) is 17.2. The highest BCUT2D eigenvalue weighted by Gasteiger charge is 2.34. The van der Waals surface area contributed by atoms with Crippen LogP contribution in [-0.2, 0) is 6.61 Å². The van der Waals surface area contributed by atoms with Crippen molar-refractivity contribution in [2.24, 2.45) is 0 Å². The Labute approximate surface area is 147 Å². The number of aliphatic hydroxyl groups is 1. The van der Waals surface area contributed by atoms with E-state index in [-0.39, 0.29) is 24.2 Å². The standard InChI is InChI=1S/C17H16N4O3S/c22-9-15-19-20-17(25-15)11-6-12(7-11)18-16(23)13-8-14(24-21-13)10-4-2-1-3-5-10/h1-5,8,11-12,22H,6-7,9H2,(H,18,23)/t11-,12-. The van der Waals surface area contributed by atoms with Crippen molar-refractivity contribution in [1.82, 2.24) is 20.7 Å². The number of aliphatic hydroxyl groups excluding tert-OH is 1. The number of hydrogen-bond donors (Lipinski definition) is 2. The molecule has 1 fully saturated rings. The highest BCUT2D eigenvalue weighted by molar-refractivity contribution is 7.11. The van der Waals surface area contributed by atoms with Crippen molar-refractivity contribution in [3.05, 3.63) is 52.1 Å². The van der Waals surface area contributed by atoms with Crippen LogP contribution < -0.4 is 5.32 Å². The lowest BCUT2D eigenvalue weighted by molar-refractivity contribution is 0.0899. The molecule has 2 N–H and O–H groups in total. The van der Waals surface area contributed by atoms with E-state index < -0.39 is 0 Å². The molecule has 128 valence electrons. The van der Waals surface area contributed by atoms with Crippen molar-refractivity contribution >= 4 is 17.2 Å². The van der Waals surface area contributed by atoms with Gasteiger partial charge in [0.25, 0.3) is 5.91 Å². The molecule has 1 amide bonds. The molecule has 0 unspecified atom stereocenters. The molecule has 1 aromatic carbocycles. The first-order valence-corrected chi connectivity index (χ1v) is 8.80. The van der Waals surface area contributed by atoms with Gasteiger partial charge >= 0.3 is 0 Å². The molecule has 0 spiro atoms. The number of carbonyl (C=O) groups excluding carboxylic acids is 1. The fraction of sp³-hybridized carbons (Fsp3) is 0.294. The molecular weight excluding hydrogens is 340 g/mol. The van der Waals surface area contributed by atoms with Crippen LogP contribution in [0.5, 0.6) is 0 Å². The van der Waals surface area contributed by atoms with Gasteiger partial charge in [-0.2, -0.15) is 0 Å². The summed E-state index contributed by atoms with van der Waals surface area (Å²) in [6, 6.07) is 11.3. The summed E-state index contributed by atoms with van der Waals surface area (Å²) in [4.78, 5) is 12.3. The molecule has 7 nitrogen and oxygen atoms in total. The summed E-state index contributed by atoms with van der Waals surface area (Å²) < 4.78 is 5.26. The zero-order valence-electron chi connectivity index (χ0n) is 13.3. The van der Waals surface area contributed by atoms with Crippen LogP contribution in [0.25, 0.3) is 11.3 Å². The molecule has 0 bridgehead atoms. The van der Waals surface area contributed by atoms with Crippen molar-refractivity contribution in [2.75, 3.05) is 0 Å². The smallest absolute Gasteiger partial charge is 0.273 e. The van der Waals surface area contributed by atoms with Gasteiger partial charge in [0.05, 0.1) is 6.61 Å². The fourth-order valence-corrected chi connectivity index (χ4v) is 3.64. The van der Waals surface area contributed by atoms with E-state index in [2.05, 4.69) is 20.7 Å². The van der Waals surface area contributed by atoms with E-state index in [4.69, 9.17) is 9.63 Å². The maximum Gasteiger partial charge on any atom is 0.273 e. The normalized spacial score (nSPS) is 19.4. The van der Waals surface area contributed by atoms with Crippen LogP contribution in [0.4, 0.5) is 0 Å². The minimum Gasteiger partial charge on any atom is -0.389 e. The largest absolute Gasteiger partial charge is 0.389 e. The monoisotopic (exact) mass is 356 g/mol. The molecule has 1 saturated carbocycles. The van der Waals surface area contributed by atoms with Crippen molar-refractivity contribution in [3.8, 4) is 11.3 Å². The van der Waals surface area contributed by atoms with Crippen LogP contribution in [0, 0.1) is 0 Å². The predicted molar refractivity (Wildman–Crippen MR) is 91.0 cm³/mol. The molecule has 0 atom stereocenters. The summed E-state index contributed by atoms with van der Waals surface area (Å²) in [5, 5.41) is 25.4. The Balaban J connectivity index is 1.34. The predicted octanol–water partition coefficient (Wildman–Crippen LogP) is 2.36. The Kier molecular flexibility index (Phi) is 4.29. The molecule has 0 radical (unpaired) electrons. The Morgan fingerprint density at radius 2 is 2.08 bits per heavy atom. The SMILES string of the molecule is O=C(N[C@H]1C[C@H](c2nnc(CO)s2)C1)c1cc(-c2ccccc2)on1. The first-order valence-electron chi connectivity index (χ1n) is 7.99. The van der Waals surface area contributed by atoms with E-state index in [1.807, 2.05) is 30.3 Å². The van der Waals surface area contributed by atoms with Crippen LogP contribution in [0.1, 0.15) is 39.3 Å².